The number of amides is 1. The summed E-state index contributed by atoms with van der Waals surface area (Å²) in [4.78, 5) is 18.6. The fraction of sp³-hybridized carbons (Fsp3) is 0.389. The van der Waals surface area contributed by atoms with Crippen LogP contribution in [0, 0.1) is 6.92 Å². The normalized spacial score (nSPS) is 19.8. The molecule has 9 nitrogen and oxygen atoms in total. The molecule has 0 spiro atoms. The maximum Gasteiger partial charge on any atom is 0.251 e. The summed E-state index contributed by atoms with van der Waals surface area (Å²) in [5.74, 6) is 0.797. The van der Waals surface area contributed by atoms with Crippen molar-refractivity contribution < 1.29 is 13.7 Å². The van der Waals surface area contributed by atoms with Crippen LogP contribution in [0.25, 0.3) is 5.69 Å². The summed E-state index contributed by atoms with van der Waals surface area (Å²) in [6, 6.07) is 6.98. The molecule has 3 heterocycles. The molecule has 0 aliphatic carbocycles. The second-order valence-corrected chi connectivity index (χ2v) is 6.77. The first-order valence-corrected chi connectivity index (χ1v) is 8.99. The lowest BCUT2D eigenvalue weighted by Gasteiger charge is -2.22. The maximum atomic E-state index is 13.9. The molecule has 1 amide bonds. The van der Waals surface area contributed by atoms with Gasteiger partial charge < -0.3 is 9.84 Å². The van der Waals surface area contributed by atoms with Gasteiger partial charge in [-0.3, -0.25) is 14.3 Å². The average molecular weight is 385 g/mol. The predicted molar refractivity (Wildman–Crippen MR) is 96.4 cm³/mol. The lowest BCUT2D eigenvalue weighted by Crippen LogP contribution is -2.40. The van der Waals surface area contributed by atoms with Gasteiger partial charge in [-0.1, -0.05) is 5.16 Å². The summed E-state index contributed by atoms with van der Waals surface area (Å²) in [5, 5.41) is 14.3. The van der Waals surface area contributed by atoms with Crippen molar-refractivity contribution in [3.63, 3.8) is 0 Å². The SMILES string of the molecule is Cc1nc(CN2C[C@@H](F)C[C@H]2CNC(=O)c2ccc(-n3cnnc3)cc2)no1. The highest BCUT2D eigenvalue weighted by atomic mass is 19.1. The first kappa shape index (κ1) is 18.2. The molecule has 2 aromatic heterocycles. The van der Waals surface area contributed by atoms with Gasteiger partial charge in [-0.15, -0.1) is 10.2 Å². The Morgan fingerprint density at radius 1 is 1.29 bits per heavy atom. The molecule has 2 atom stereocenters. The van der Waals surface area contributed by atoms with E-state index in [9.17, 15) is 9.18 Å². The van der Waals surface area contributed by atoms with E-state index >= 15 is 0 Å². The number of aromatic nitrogens is 5. The minimum atomic E-state index is -0.932. The summed E-state index contributed by atoms with van der Waals surface area (Å²) < 4.78 is 20.6. The number of alkyl halides is 1. The highest BCUT2D eigenvalue weighted by Crippen LogP contribution is 2.22. The zero-order chi connectivity index (χ0) is 19.5. The Bertz CT molecular complexity index is 926. The Labute approximate surface area is 160 Å². The number of benzene rings is 1. The second kappa shape index (κ2) is 7.85. The monoisotopic (exact) mass is 385 g/mol. The van der Waals surface area contributed by atoms with Crippen LogP contribution in [0.15, 0.2) is 41.4 Å². The standard InChI is InChI=1S/C18H20FN7O2/c1-12-23-17(24-28-12)9-25-8-14(19)6-16(25)7-20-18(27)13-2-4-15(5-3-13)26-10-21-22-11-26/h2-5,10-11,14,16H,6-9H2,1H3,(H,20,27)/t14-,16-/m0/s1. The number of carbonyl (C=O) groups excluding carboxylic acids is 1. The fourth-order valence-electron chi connectivity index (χ4n) is 3.35. The van der Waals surface area contributed by atoms with E-state index in [1.807, 2.05) is 17.0 Å². The number of carbonyl (C=O) groups is 1. The summed E-state index contributed by atoms with van der Waals surface area (Å²) in [6.45, 7) is 2.75. The van der Waals surface area contributed by atoms with Crippen molar-refractivity contribution in [1.82, 2.24) is 35.1 Å². The molecule has 1 aliphatic rings. The second-order valence-electron chi connectivity index (χ2n) is 6.77. The van der Waals surface area contributed by atoms with Crippen molar-refractivity contribution in [2.45, 2.75) is 32.1 Å². The van der Waals surface area contributed by atoms with Gasteiger partial charge in [-0.2, -0.15) is 4.98 Å². The van der Waals surface area contributed by atoms with Crippen molar-refractivity contribution >= 4 is 5.91 Å². The van der Waals surface area contributed by atoms with Gasteiger partial charge in [0.2, 0.25) is 5.89 Å². The highest BCUT2D eigenvalue weighted by molar-refractivity contribution is 5.94. The number of likely N-dealkylation sites (tertiary alicyclic amines) is 1. The molecule has 0 radical (unpaired) electrons. The molecule has 4 rings (SSSR count). The van der Waals surface area contributed by atoms with Crippen LogP contribution in [-0.4, -0.2) is 61.0 Å². The molecule has 0 unspecified atom stereocenters. The third-order valence-corrected chi connectivity index (χ3v) is 4.74. The number of nitrogens with zero attached hydrogens (tertiary/aromatic N) is 6. The maximum absolute atomic E-state index is 13.9. The predicted octanol–water partition coefficient (Wildman–Crippen LogP) is 1.30. The Morgan fingerprint density at radius 3 is 2.71 bits per heavy atom. The molecule has 1 saturated heterocycles. The molecule has 28 heavy (non-hydrogen) atoms. The van der Waals surface area contributed by atoms with Gasteiger partial charge in [0.1, 0.15) is 18.8 Å². The number of rotatable bonds is 6. The summed E-state index contributed by atoms with van der Waals surface area (Å²) in [5.41, 5.74) is 1.39. The molecule has 3 aromatic rings. The Kier molecular flexibility index (Phi) is 5.11. The fourth-order valence-corrected chi connectivity index (χ4v) is 3.35. The summed E-state index contributed by atoms with van der Waals surface area (Å²) in [6.07, 6.45) is 2.60. The van der Waals surface area contributed by atoms with E-state index in [2.05, 4.69) is 25.7 Å². The van der Waals surface area contributed by atoms with E-state index in [0.29, 0.717) is 43.3 Å². The van der Waals surface area contributed by atoms with Crippen LogP contribution in [0.1, 0.15) is 28.5 Å². The van der Waals surface area contributed by atoms with Crippen molar-refractivity contribution in [2.75, 3.05) is 13.1 Å². The van der Waals surface area contributed by atoms with E-state index < -0.39 is 6.17 Å². The third-order valence-electron chi connectivity index (χ3n) is 4.74. The molecular formula is C18H20FN7O2. The van der Waals surface area contributed by atoms with Gasteiger partial charge in [0.25, 0.3) is 5.91 Å². The van der Waals surface area contributed by atoms with Crippen LogP contribution in [0.5, 0.6) is 0 Å². The summed E-state index contributed by atoms with van der Waals surface area (Å²) in [7, 11) is 0. The molecule has 1 aliphatic heterocycles. The van der Waals surface area contributed by atoms with E-state index in [4.69, 9.17) is 4.52 Å². The first-order valence-electron chi connectivity index (χ1n) is 8.99. The number of hydrogen-bond donors (Lipinski definition) is 1. The Hall–Kier alpha value is -3.14. The zero-order valence-electron chi connectivity index (χ0n) is 15.3. The van der Waals surface area contributed by atoms with Crippen LogP contribution >= 0.6 is 0 Å². The molecule has 10 heteroatoms. The molecule has 0 saturated carbocycles. The number of halogens is 1. The van der Waals surface area contributed by atoms with Crippen LogP contribution in [0.4, 0.5) is 4.39 Å². The highest BCUT2D eigenvalue weighted by Gasteiger charge is 2.33. The van der Waals surface area contributed by atoms with Gasteiger partial charge in [-0.05, 0) is 30.7 Å². The van der Waals surface area contributed by atoms with Crippen LogP contribution < -0.4 is 5.32 Å². The van der Waals surface area contributed by atoms with Crippen molar-refractivity contribution in [2.24, 2.45) is 0 Å². The van der Waals surface area contributed by atoms with Gasteiger partial charge in [0.15, 0.2) is 5.82 Å². The lowest BCUT2D eigenvalue weighted by atomic mass is 10.1. The van der Waals surface area contributed by atoms with Crippen LogP contribution in [0.2, 0.25) is 0 Å². The quantitative estimate of drug-likeness (QED) is 0.682. The molecule has 1 N–H and O–H groups in total. The van der Waals surface area contributed by atoms with E-state index in [-0.39, 0.29) is 11.9 Å². The Morgan fingerprint density at radius 2 is 2.04 bits per heavy atom. The van der Waals surface area contributed by atoms with Gasteiger partial charge in [0.05, 0.1) is 6.54 Å². The summed E-state index contributed by atoms with van der Waals surface area (Å²) >= 11 is 0. The van der Waals surface area contributed by atoms with E-state index in [0.717, 1.165) is 5.69 Å². The molecule has 1 fully saturated rings. The smallest absolute Gasteiger partial charge is 0.251 e. The van der Waals surface area contributed by atoms with E-state index in [1.54, 1.807) is 36.3 Å². The number of aryl methyl sites for hydroxylation is 1. The lowest BCUT2D eigenvalue weighted by molar-refractivity contribution is 0.0939. The number of hydrogen-bond acceptors (Lipinski definition) is 7. The van der Waals surface area contributed by atoms with Crippen molar-refractivity contribution in [1.29, 1.82) is 0 Å². The third kappa shape index (κ3) is 4.06. The largest absolute Gasteiger partial charge is 0.350 e. The minimum absolute atomic E-state index is 0.117. The van der Waals surface area contributed by atoms with Gasteiger partial charge >= 0.3 is 0 Å². The van der Waals surface area contributed by atoms with Gasteiger partial charge in [0, 0.05) is 37.3 Å². The Balaban J connectivity index is 1.35. The van der Waals surface area contributed by atoms with Crippen molar-refractivity contribution in [3.8, 4) is 5.69 Å². The topological polar surface area (TPSA) is 102 Å². The van der Waals surface area contributed by atoms with Crippen LogP contribution in [0.3, 0.4) is 0 Å². The molecule has 0 bridgehead atoms. The number of nitrogens with one attached hydrogen (secondary N) is 1. The molecular weight excluding hydrogens is 365 g/mol. The molecule has 1 aromatic carbocycles. The minimum Gasteiger partial charge on any atom is -0.350 e. The average Bonchev–Trinajstić information content (AvgIpc) is 3.42. The van der Waals surface area contributed by atoms with Crippen LogP contribution in [-0.2, 0) is 6.54 Å². The first-order chi connectivity index (χ1) is 13.6. The van der Waals surface area contributed by atoms with Crippen molar-refractivity contribution in [3.05, 3.63) is 54.2 Å². The van der Waals surface area contributed by atoms with E-state index in [1.165, 1.54) is 0 Å². The van der Waals surface area contributed by atoms with Gasteiger partial charge in [-0.25, -0.2) is 4.39 Å². The zero-order valence-corrected chi connectivity index (χ0v) is 15.3. The molecule has 146 valence electrons.